The highest BCUT2D eigenvalue weighted by Gasteiger charge is 2.25. The number of nitrogens with two attached hydrogens (primary N) is 1. The third-order valence-corrected chi connectivity index (χ3v) is 3.28. The van der Waals surface area contributed by atoms with Crippen molar-refractivity contribution < 1.29 is 9.47 Å². The zero-order valence-corrected chi connectivity index (χ0v) is 12.8. The number of halogens is 1. The number of methoxy groups -OCH3 is 2. The van der Waals surface area contributed by atoms with Crippen LogP contribution in [0.2, 0.25) is 0 Å². The highest BCUT2D eigenvalue weighted by Crippen LogP contribution is 2.25. The summed E-state index contributed by atoms with van der Waals surface area (Å²) in [7, 11) is 7.18. The highest BCUT2D eigenvalue weighted by atomic mass is 79.9. The van der Waals surface area contributed by atoms with E-state index in [0.717, 1.165) is 23.3 Å². The van der Waals surface area contributed by atoms with Crippen molar-refractivity contribution in [3.8, 4) is 0 Å². The summed E-state index contributed by atoms with van der Waals surface area (Å²) >= 11 is 3.46. The number of aromatic nitrogens is 2. The largest absolute Gasteiger partial charge is 0.354 e. The lowest BCUT2D eigenvalue weighted by Gasteiger charge is -2.23. The second-order valence-electron chi connectivity index (χ2n) is 4.27. The molecule has 0 aromatic carbocycles. The number of ether oxygens (including phenoxy) is 2. The molecule has 0 radical (unpaired) electrons. The van der Waals surface area contributed by atoms with Gasteiger partial charge in [-0.3, -0.25) is 4.68 Å². The van der Waals surface area contributed by atoms with Crippen LogP contribution < -0.4 is 5.73 Å². The predicted molar refractivity (Wildman–Crippen MR) is 73.2 cm³/mol. The number of hydrogen-bond acceptors (Lipinski definition) is 5. The van der Waals surface area contributed by atoms with E-state index in [1.165, 1.54) is 0 Å². The molecule has 0 saturated heterocycles. The SMILES string of the molecule is COC(OC)C(N)c1c(Br)cnn1CCN(C)C. The van der Waals surface area contributed by atoms with Crippen molar-refractivity contribution >= 4 is 15.9 Å². The fourth-order valence-corrected chi connectivity index (χ4v) is 2.26. The van der Waals surface area contributed by atoms with E-state index in [2.05, 4.69) is 25.9 Å². The zero-order chi connectivity index (χ0) is 13.7. The van der Waals surface area contributed by atoms with Crippen LogP contribution in [0, 0.1) is 0 Å². The van der Waals surface area contributed by atoms with Crippen molar-refractivity contribution in [1.29, 1.82) is 0 Å². The smallest absolute Gasteiger partial charge is 0.177 e. The second-order valence-corrected chi connectivity index (χ2v) is 5.12. The van der Waals surface area contributed by atoms with Crippen LogP contribution in [-0.4, -0.2) is 55.8 Å². The lowest BCUT2D eigenvalue weighted by Crippen LogP contribution is -2.32. The molecule has 6 nitrogen and oxygen atoms in total. The number of likely N-dealkylation sites (N-methyl/N-ethyl adjacent to an activating group) is 1. The van der Waals surface area contributed by atoms with E-state index >= 15 is 0 Å². The van der Waals surface area contributed by atoms with E-state index in [9.17, 15) is 0 Å². The van der Waals surface area contributed by atoms with Crippen LogP contribution in [0.4, 0.5) is 0 Å². The number of hydrogen-bond donors (Lipinski definition) is 1. The molecule has 1 atom stereocenters. The Balaban J connectivity index is 2.89. The van der Waals surface area contributed by atoms with Crippen LogP contribution in [0.25, 0.3) is 0 Å². The van der Waals surface area contributed by atoms with Gasteiger partial charge in [-0.15, -0.1) is 0 Å². The number of rotatable bonds is 7. The van der Waals surface area contributed by atoms with Gasteiger partial charge < -0.3 is 20.1 Å². The third kappa shape index (κ3) is 3.76. The van der Waals surface area contributed by atoms with Crippen LogP contribution in [0.1, 0.15) is 11.7 Å². The van der Waals surface area contributed by atoms with Gasteiger partial charge in [0.25, 0.3) is 0 Å². The Morgan fingerprint density at radius 1 is 1.44 bits per heavy atom. The maximum absolute atomic E-state index is 6.16. The maximum atomic E-state index is 6.16. The van der Waals surface area contributed by atoms with Gasteiger partial charge in [0.15, 0.2) is 6.29 Å². The maximum Gasteiger partial charge on any atom is 0.177 e. The van der Waals surface area contributed by atoms with Crippen molar-refractivity contribution in [3.05, 3.63) is 16.4 Å². The number of nitrogens with zero attached hydrogens (tertiary/aromatic N) is 3. The van der Waals surface area contributed by atoms with Gasteiger partial charge in [-0.1, -0.05) is 0 Å². The molecule has 0 aliphatic heterocycles. The first-order chi connectivity index (χ1) is 8.51. The van der Waals surface area contributed by atoms with E-state index in [4.69, 9.17) is 15.2 Å². The summed E-state index contributed by atoms with van der Waals surface area (Å²) in [6.45, 7) is 1.65. The van der Waals surface area contributed by atoms with Crippen molar-refractivity contribution in [2.75, 3.05) is 34.9 Å². The average Bonchev–Trinajstić information content (AvgIpc) is 2.69. The van der Waals surface area contributed by atoms with Crippen molar-refractivity contribution in [1.82, 2.24) is 14.7 Å². The van der Waals surface area contributed by atoms with E-state index in [1.807, 2.05) is 18.8 Å². The molecule has 0 amide bonds. The molecular weight excluding hydrogens is 300 g/mol. The van der Waals surface area contributed by atoms with Gasteiger partial charge in [-0.2, -0.15) is 5.10 Å². The van der Waals surface area contributed by atoms with Gasteiger partial charge in [0, 0.05) is 20.8 Å². The van der Waals surface area contributed by atoms with Crippen LogP contribution in [0.15, 0.2) is 10.7 Å². The molecule has 1 unspecified atom stereocenters. The van der Waals surface area contributed by atoms with Crippen molar-refractivity contribution in [2.24, 2.45) is 5.73 Å². The molecular formula is C11H21BrN4O2. The van der Waals surface area contributed by atoms with E-state index < -0.39 is 6.29 Å². The Bertz CT molecular complexity index is 366. The van der Waals surface area contributed by atoms with Crippen molar-refractivity contribution in [3.63, 3.8) is 0 Å². The topological polar surface area (TPSA) is 65.5 Å². The Hall–Kier alpha value is -0.470. The molecule has 2 N–H and O–H groups in total. The van der Waals surface area contributed by atoms with E-state index in [-0.39, 0.29) is 6.04 Å². The van der Waals surface area contributed by atoms with E-state index in [1.54, 1.807) is 20.4 Å². The minimum absolute atomic E-state index is 0.390. The summed E-state index contributed by atoms with van der Waals surface area (Å²) < 4.78 is 13.1. The third-order valence-electron chi connectivity index (χ3n) is 2.67. The second kappa shape index (κ2) is 7.20. The summed E-state index contributed by atoms with van der Waals surface area (Å²) in [5.41, 5.74) is 7.04. The lowest BCUT2D eigenvalue weighted by atomic mass is 10.2. The quantitative estimate of drug-likeness (QED) is 0.754. The molecule has 18 heavy (non-hydrogen) atoms. The molecule has 1 aromatic heterocycles. The predicted octanol–water partition coefficient (Wildman–Crippen LogP) is 0.826. The van der Waals surface area contributed by atoms with Gasteiger partial charge >= 0.3 is 0 Å². The fraction of sp³-hybridized carbons (Fsp3) is 0.727. The molecule has 104 valence electrons. The van der Waals surface area contributed by atoms with Gasteiger partial charge in [0.2, 0.25) is 0 Å². The molecule has 0 aliphatic rings. The van der Waals surface area contributed by atoms with Crippen LogP contribution in [-0.2, 0) is 16.0 Å². The monoisotopic (exact) mass is 320 g/mol. The normalized spacial score (nSPS) is 13.6. The summed E-state index contributed by atoms with van der Waals surface area (Å²) in [4.78, 5) is 2.09. The minimum Gasteiger partial charge on any atom is -0.354 e. The Morgan fingerprint density at radius 3 is 2.56 bits per heavy atom. The Kier molecular flexibility index (Phi) is 6.24. The molecule has 0 spiro atoms. The van der Waals surface area contributed by atoms with Gasteiger partial charge in [0.05, 0.1) is 29.0 Å². The van der Waals surface area contributed by atoms with Crippen LogP contribution >= 0.6 is 15.9 Å². The fourth-order valence-electron chi connectivity index (χ4n) is 1.69. The van der Waals surface area contributed by atoms with E-state index in [0.29, 0.717) is 0 Å². The first kappa shape index (κ1) is 15.6. The van der Waals surface area contributed by atoms with Crippen LogP contribution in [0.3, 0.4) is 0 Å². The average molecular weight is 321 g/mol. The minimum atomic E-state index is -0.490. The van der Waals surface area contributed by atoms with Gasteiger partial charge in [0.1, 0.15) is 0 Å². The first-order valence-electron chi connectivity index (χ1n) is 5.68. The highest BCUT2D eigenvalue weighted by molar-refractivity contribution is 9.10. The van der Waals surface area contributed by atoms with Gasteiger partial charge in [-0.05, 0) is 30.0 Å². The molecule has 1 rings (SSSR count). The molecule has 0 bridgehead atoms. The lowest BCUT2D eigenvalue weighted by molar-refractivity contribution is -0.118. The molecule has 1 aromatic rings. The summed E-state index contributed by atoms with van der Waals surface area (Å²) in [6.07, 6.45) is 1.25. The Morgan fingerprint density at radius 2 is 2.06 bits per heavy atom. The summed E-state index contributed by atoms with van der Waals surface area (Å²) in [6, 6.07) is -0.390. The zero-order valence-electron chi connectivity index (χ0n) is 11.3. The standard InChI is InChI=1S/C11H21BrN4O2/c1-15(2)5-6-16-10(8(12)7-14-16)9(13)11(17-3)18-4/h7,9,11H,5-6,13H2,1-4H3. The summed E-state index contributed by atoms with van der Waals surface area (Å²) in [5, 5.41) is 4.31. The molecule has 7 heteroatoms. The van der Waals surface area contributed by atoms with Crippen LogP contribution in [0.5, 0.6) is 0 Å². The molecule has 0 saturated carbocycles. The summed E-state index contributed by atoms with van der Waals surface area (Å²) in [5.74, 6) is 0. The molecule has 0 fully saturated rings. The van der Waals surface area contributed by atoms with Gasteiger partial charge in [-0.25, -0.2) is 0 Å². The molecule has 1 heterocycles. The van der Waals surface area contributed by atoms with Crippen molar-refractivity contribution in [2.45, 2.75) is 18.9 Å². The first-order valence-corrected chi connectivity index (χ1v) is 6.47. The molecule has 0 aliphatic carbocycles. The Labute approximate surface area is 116 Å².